The quantitative estimate of drug-likeness (QED) is 0.775. The molecule has 2 heterocycles. The number of hydrogen-bond acceptors (Lipinski definition) is 5. The largest absolute Gasteiger partial charge is 0.381 e. The lowest BCUT2D eigenvalue weighted by molar-refractivity contribution is 0.0183. The van der Waals surface area contributed by atoms with Crippen LogP contribution in [-0.2, 0) is 22.6 Å². The predicted molar refractivity (Wildman–Crippen MR) is 81.0 cm³/mol. The van der Waals surface area contributed by atoms with Gasteiger partial charge in [0.05, 0.1) is 18.8 Å². The van der Waals surface area contributed by atoms with Gasteiger partial charge in [0.15, 0.2) is 0 Å². The molecule has 0 aliphatic carbocycles. The second-order valence-electron chi connectivity index (χ2n) is 6.71. The van der Waals surface area contributed by atoms with Crippen molar-refractivity contribution in [1.82, 2.24) is 20.3 Å². The van der Waals surface area contributed by atoms with Gasteiger partial charge in [-0.05, 0) is 39.5 Å². The second-order valence-corrected chi connectivity index (χ2v) is 6.71. The lowest BCUT2D eigenvalue weighted by atomic mass is 10.0. The van der Waals surface area contributed by atoms with Crippen LogP contribution in [-0.4, -0.2) is 47.0 Å². The fraction of sp³-hybridized carbons (Fsp3) is 0.867. The second kappa shape index (κ2) is 7.87. The molecule has 1 saturated heterocycles. The van der Waals surface area contributed by atoms with Gasteiger partial charge in [-0.1, -0.05) is 5.21 Å². The van der Waals surface area contributed by atoms with E-state index >= 15 is 0 Å². The molecule has 0 amide bonds. The topological polar surface area (TPSA) is 61.2 Å². The lowest BCUT2D eigenvalue weighted by Crippen LogP contribution is -2.35. The zero-order valence-corrected chi connectivity index (χ0v) is 13.5. The molecule has 2 rings (SSSR count). The van der Waals surface area contributed by atoms with Crippen molar-refractivity contribution in [3.8, 4) is 0 Å². The van der Waals surface area contributed by atoms with Crippen LogP contribution in [0.2, 0.25) is 0 Å². The molecule has 0 aromatic carbocycles. The van der Waals surface area contributed by atoms with Gasteiger partial charge in [-0.15, -0.1) is 5.10 Å². The van der Waals surface area contributed by atoms with Crippen molar-refractivity contribution in [2.45, 2.75) is 52.2 Å². The Morgan fingerprint density at radius 3 is 2.86 bits per heavy atom. The first kappa shape index (κ1) is 16.4. The van der Waals surface area contributed by atoms with Crippen LogP contribution < -0.4 is 5.32 Å². The molecule has 0 radical (unpaired) electrons. The van der Waals surface area contributed by atoms with E-state index in [1.807, 2.05) is 10.9 Å². The lowest BCUT2D eigenvalue weighted by Gasteiger charge is -2.21. The highest BCUT2D eigenvalue weighted by Crippen LogP contribution is 2.14. The van der Waals surface area contributed by atoms with Crippen molar-refractivity contribution in [3.63, 3.8) is 0 Å². The summed E-state index contributed by atoms with van der Waals surface area (Å²) in [5.74, 6) is 0.654. The van der Waals surface area contributed by atoms with Crippen molar-refractivity contribution in [1.29, 1.82) is 0 Å². The van der Waals surface area contributed by atoms with Crippen molar-refractivity contribution in [2.24, 2.45) is 5.92 Å². The third-order valence-electron chi connectivity index (χ3n) is 3.55. The fourth-order valence-electron chi connectivity index (χ4n) is 2.21. The molecule has 6 heteroatoms. The Kier molecular flexibility index (Phi) is 6.14. The van der Waals surface area contributed by atoms with Gasteiger partial charge in [0.2, 0.25) is 0 Å². The first-order chi connectivity index (χ1) is 10.0. The van der Waals surface area contributed by atoms with Gasteiger partial charge in [0, 0.05) is 38.1 Å². The van der Waals surface area contributed by atoms with Crippen LogP contribution in [0.1, 0.15) is 39.3 Å². The van der Waals surface area contributed by atoms with Crippen molar-refractivity contribution >= 4 is 0 Å². The molecule has 1 aliphatic rings. The normalized spacial score (nSPS) is 17.3. The SMILES string of the molecule is CC(C)(C)NCc1cn(CCOCC2CCOCC2)nn1. The molecule has 6 nitrogen and oxygen atoms in total. The van der Waals surface area contributed by atoms with Gasteiger partial charge < -0.3 is 14.8 Å². The first-order valence-electron chi connectivity index (χ1n) is 7.82. The number of nitrogens with zero attached hydrogens (tertiary/aromatic N) is 3. The van der Waals surface area contributed by atoms with Gasteiger partial charge in [-0.3, -0.25) is 0 Å². The Morgan fingerprint density at radius 2 is 2.14 bits per heavy atom. The number of hydrogen-bond donors (Lipinski definition) is 1. The molecule has 0 spiro atoms. The van der Waals surface area contributed by atoms with Crippen LogP contribution in [0.5, 0.6) is 0 Å². The molecule has 1 aliphatic heterocycles. The highest BCUT2D eigenvalue weighted by Gasteiger charge is 2.13. The van der Waals surface area contributed by atoms with Crippen LogP contribution in [0.25, 0.3) is 0 Å². The Bertz CT molecular complexity index is 408. The molecule has 1 fully saturated rings. The molecular weight excluding hydrogens is 268 g/mol. The smallest absolute Gasteiger partial charge is 0.0965 e. The van der Waals surface area contributed by atoms with E-state index in [1.54, 1.807) is 0 Å². The van der Waals surface area contributed by atoms with Gasteiger partial charge >= 0.3 is 0 Å². The van der Waals surface area contributed by atoms with Gasteiger partial charge in [-0.25, -0.2) is 4.68 Å². The molecule has 1 aromatic heterocycles. The van der Waals surface area contributed by atoms with Crippen molar-refractivity contribution in [3.05, 3.63) is 11.9 Å². The summed E-state index contributed by atoms with van der Waals surface area (Å²) >= 11 is 0. The zero-order valence-electron chi connectivity index (χ0n) is 13.5. The maximum Gasteiger partial charge on any atom is 0.0965 e. The molecular formula is C15H28N4O2. The summed E-state index contributed by atoms with van der Waals surface area (Å²) in [7, 11) is 0. The van der Waals surface area contributed by atoms with Crippen LogP contribution >= 0.6 is 0 Å². The average molecular weight is 296 g/mol. The molecule has 1 N–H and O–H groups in total. The number of nitrogens with one attached hydrogen (secondary N) is 1. The Hall–Kier alpha value is -0.980. The maximum atomic E-state index is 5.74. The highest BCUT2D eigenvalue weighted by molar-refractivity contribution is 4.92. The summed E-state index contributed by atoms with van der Waals surface area (Å²) in [5.41, 5.74) is 1.06. The van der Waals surface area contributed by atoms with Crippen LogP contribution in [0.15, 0.2) is 6.20 Å². The van der Waals surface area contributed by atoms with Gasteiger partial charge in [0.1, 0.15) is 0 Å². The zero-order chi connectivity index (χ0) is 15.1. The van der Waals surface area contributed by atoms with E-state index < -0.39 is 0 Å². The van der Waals surface area contributed by atoms with Crippen molar-refractivity contribution < 1.29 is 9.47 Å². The van der Waals surface area contributed by atoms with Crippen LogP contribution in [0, 0.1) is 5.92 Å². The average Bonchev–Trinajstić information content (AvgIpc) is 2.90. The van der Waals surface area contributed by atoms with E-state index in [-0.39, 0.29) is 5.54 Å². The summed E-state index contributed by atoms with van der Waals surface area (Å²) in [6, 6.07) is 0. The van der Waals surface area contributed by atoms with Crippen LogP contribution in [0.4, 0.5) is 0 Å². The third kappa shape index (κ3) is 6.54. The Balaban J connectivity index is 1.61. The van der Waals surface area contributed by atoms with Gasteiger partial charge in [-0.2, -0.15) is 0 Å². The monoisotopic (exact) mass is 296 g/mol. The van der Waals surface area contributed by atoms with E-state index in [4.69, 9.17) is 9.47 Å². The first-order valence-corrected chi connectivity index (χ1v) is 7.82. The molecule has 0 saturated carbocycles. The van der Waals surface area contributed by atoms with E-state index in [2.05, 4.69) is 36.4 Å². The molecule has 0 unspecified atom stereocenters. The minimum absolute atomic E-state index is 0.0939. The number of aromatic nitrogens is 3. The fourth-order valence-corrected chi connectivity index (χ4v) is 2.21. The van der Waals surface area contributed by atoms with E-state index in [0.29, 0.717) is 12.5 Å². The maximum absolute atomic E-state index is 5.74. The third-order valence-corrected chi connectivity index (χ3v) is 3.55. The number of rotatable bonds is 7. The Labute approximate surface area is 127 Å². The standard InChI is InChI=1S/C15H28N4O2/c1-15(2,3)16-10-14-11-19(18-17-14)6-9-21-12-13-4-7-20-8-5-13/h11,13,16H,4-10,12H2,1-3H3. The van der Waals surface area contributed by atoms with Gasteiger partial charge in [0.25, 0.3) is 0 Å². The molecule has 120 valence electrons. The molecule has 1 aromatic rings. The Morgan fingerprint density at radius 1 is 1.38 bits per heavy atom. The molecule has 0 atom stereocenters. The summed E-state index contributed by atoms with van der Waals surface area (Å²) in [5, 5.41) is 11.7. The summed E-state index contributed by atoms with van der Waals surface area (Å²) in [6.45, 7) is 11.2. The minimum Gasteiger partial charge on any atom is -0.381 e. The van der Waals surface area contributed by atoms with E-state index in [0.717, 1.165) is 51.4 Å². The molecule has 21 heavy (non-hydrogen) atoms. The summed E-state index contributed by atoms with van der Waals surface area (Å²) < 4.78 is 12.9. The summed E-state index contributed by atoms with van der Waals surface area (Å²) in [4.78, 5) is 0. The van der Waals surface area contributed by atoms with Crippen molar-refractivity contribution in [2.75, 3.05) is 26.4 Å². The summed E-state index contributed by atoms with van der Waals surface area (Å²) in [6.07, 6.45) is 4.22. The molecule has 0 bridgehead atoms. The minimum atomic E-state index is 0.0939. The number of ether oxygens (including phenoxy) is 2. The highest BCUT2D eigenvalue weighted by atomic mass is 16.5. The van der Waals surface area contributed by atoms with E-state index in [1.165, 1.54) is 0 Å². The van der Waals surface area contributed by atoms with Crippen LogP contribution in [0.3, 0.4) is 0 Å². The van der Waals surface area contributed by atoms with E-state index in [9.17, 15) is 0 Å². The predicted octanol–water partition coefficient (Wildman–Crippen LogP) is 1.61.